The van der Waals surface area contributed by atoms with Gasteiger partial charge < -0.3 is 10.6 Å². The van der Waals surface area contributed by atoms with E-state index in [9.17, 15) is 0 Å². The summed E-state index contributed by atoms with van der Waals surface area (Å²) in [7, 11) is 2.11. The Morgan fingerprint density at radius 2 is 1.81 bits per heavy atom. The maximum atomic E-state index is 5.68. The molecule has 0 saturated carbocycles. The van der Waals surface area contributed by atoms with Crippen LogP contribution in [0.5, 0.6) is 0 Å². The Bertz CT molecular complexity index is 363. The van der Waals surface area contributed by atoms with Crippen molar-refractivity contribution in [1.29, 1.82) is 0 Å². The minimum atomic E-state index is 0.0714. The highest BCUT2D eigenvalue weighted by molar-refractivity contribution is 5.54. The fourth-order valence-corrected chi connectivity index (χ4v) is 1.90. The molecule has 0 aliphatic carbocycles. The van der Waals surface area contributed by atoms with Crippen LogP contribution in [-0.4, -0.2) is 12.6 Å². The smallest absolute Gasteiger partial charge is 0.0379 e. The van der Waals surface area contributed by atoms with Crippen molar-refractivity contribution < 1.29 is 0 Å². The van der Waals surface area contributed by atoms with Gasteiger partial charge in [-0.15, -0.1) is 6.58 Å². The molecule has 0 unspecified atom stereocenters. The van der Waals surface area contributed by atoms with Crippen LogP contribution in [0.25, 0.3) is 0 Å². The molecule has 0 bridgehead atoms. The van der Waals surface area contributed by atoms with Crippen LogP contribution in [0.15, 0.2) is 36.4 Å². The number of hydrogen-bond donors (Lipinski definition) is 1. The topological polar surface area (TPSA) is 29.3 Å². The molecule has 1 rings (SSSR count). The maximum absolute atomic E-state index is 5.68. The van der Waals surface area contributed by atoms with E-state index >= 15 is 0 Å². The Balaban J connectivity index is 2.88. The molecule has 0 aliphatic rings. The van der Waals surface area contributed by atoms with Crippen LogP contribution in [0.4, 0.5) is 11.4 Å². The summed E-state index contributed by atoms with van der Waals surface area (Å²) in [6.07, 6.45) is 0.980. The van der Waals surface area contributed by atoms with E-state index in [1.165, 1.54) is 11.3 Å². The van der Waals surface area contributed by atoms with E-state index in [0.29, 0.717) is 0 Å². The second kappa shape index (κ2) is 4.60. The van der Waals surface area contributed by atoms with E-state index in [2.05, 4.69) is 51.4 Å². The number of nitrogens with two attached hydrogens (primary N) is 1. The van der Waals surface area contributed by atoms with Crippen molar-refractivity contribution in [3.8, 4) is 0 Å². The predicted octanol–water partition coefficient (Wildman–Crippen LogP) is 3.45. The van der Waals surface area contributed by atoms with Crippen molar-refractivity contribution in [1.82, 2.24) is 0 Å². The van der Waals surface area contributed by atoms with Crippen LogP contribution >= 0.6 is 0 Å². The molecule has 1 aromatic rings. The molecule has 2 nitrogen and oxygen atoms in total. The van der Waals surface area contributed by atoms with Gasteiger partial charge in [0.15, 0.2) is 0 Å². The summed E-state index contributed by atoms with van der Waals surface area (Å²) in [6, 6.07) is 7.97. The molecule has 88 valence electrons. The number of nitrogens with zero attached hydrogens (tertiary/aromatic N) is 1. The van der Waals surface area contributed by atoms with Crippen molar-refractivity contribution in [2.75, 3.05) is 17.7 Å². The Labute approximate surface area is 98.8 Å². The van der Waals surface area contributed by atoms with Gasteiger partial charge in [0, 0.05) is 24.0 Å². The average Bonchev–Trinajstić information content (AvgIpc) is 2.16. The van der Waals surface area contributed by atoms with Gasteiger partial charge in [0.1, 0.15) is 0 Å². The first-order chi connectivity index (χ1) is 7.33. The lowest BCUT2D eigenvalue weighted by Crippen LogP contribution is -2.41. The van der Waals surface area contributed by atoms with Crippen molar-refractivity contribution >= 4 is 11.4 Å². The molecule has 2 heteroatoms. The Hall–Kier alpha value is -1.44. The molecule has 0 aliphatic heterocycles. The molecule has 16 heavy (non-hydrogen) atoms. The SMILES string of the molecule is C=C(C)CC(C)(C)N(C)c1ccc(N)cc1. The molecule has 0 saturated heterocycles. The number of hydrogen-bond acceptors (Lipinski definition) is 2. The highest BCUT2D eigenvalue weighted by Crippen LogP contribution is 2.27. The minimum Gasteiger partial charge on any atom is -0.399 e. The first-order valence-electron chi connectivity index (χ1n) is 5.57. The zero-order valence-electron chi connectivity index (χ0n) is 10.7. The second-order valence-corrected chi connectivity index (χ2v) is 5.10. The van der Waals surface area contributed by atoms with Gasteiger partial charge in [0.2, 0.25) is 0 Å². The van der Waals surface area contributed by atoms with Crippen LogP contribution in [0.1, 0.15) is 27.2 Å². The summed E-state index contributed by atoms with van der Waals surface area (Å²) in [5, 5.41) is 0. The summed E-state index contributed by atoms with van der Waals surface area (Å²) < 4.78 is 0. The summed E-state index contributed by atoms with van der Waals surface area (Å²) >= 11 is 0. The Kier molecular flexibility index (Phi) is 3.63. The molecule has 0 fully saturated rings. The van der Waals surface area contributed by atoms with Gasteiger partial charge in [0.05, 0.1) is 0 Å². The van der Waals surface area contributed by atoms with E-state index in [4.69, 9.17) is 5.73 Å². The van der Waals surface area contributed by atoms with E-state index in [-0.39, 0.29) is 5.54 Å². The quantitative estimate of drug-likeness (QED) is 0.619. The average molecular weight is 218 g/mol. The third-order valence-corrected chi connectivity index (χ3v) is 2.92. The van der Waals surface area contributed by atoms with Gasteiger partial charge in [-0.25, -0.2) is 0 Å². The Morgan fingerprint density at radius 3 is 2.25 bits per heavy atom. The highest BCUT2D eigenvalue weighted by Gasteiger charge is 2.23. The zero-order valence-corrected chi connectivity index (χ0v) is 10.7. The van der Waals surface area contributed by atoms with Gasteiger partial charge in [0.25, 0.3) is 0 Å². The highest BCUT2D eigenvalue weighted by atomic mass is 15.2. The summed E-state index contributed by atoms with van der Waals surface area (Å²) in [5.41, 5.74) is 8.94. The predicted molar refractivity (Wildman–Crippen MR) is 72.8 cm³/mol. The number of rotatable bonds is 4. The van der Waals surface area contributed by atoms with Gasteiger partial charge in [-0.05, 0) is 51.5 Å². The standard InChI is InChI=1S/C14H22N2/c1-11(2)10-14(3,4)16(5)13-8-6-12(15)7-9-13/h6-9H,1,10,15H2,2-5H3. The molecule has 1 aromatic carbocycles. The second-order valence-electron chi connectivity index (χ2n) is 5.10. The van der Waals surface area contributed by atoms with Gasteiger partial charge >= 0.3 is 0 Å². The van der Waals surface area contributed by atoms with Crippen molar-refractivity contribution in [3.63, 3.8) is 0 Å². The van der Waals surface area contributed by atoms with E-state index in [1.54, 1.807) is 0 Å². The molecule has 0 amide bonds. The number of anilines is 2. The lowest BCUT2D eigenvalue weighted by atomic mass is 9.94. The lowest BCUT2D eigenvalue weighted by molar-refractivity contribution is 0.483. The lowest BCUT2D eigenvalue weighted by Gasteiger charge is -2.38. The van der Waals surface area contributed by atoms with E-state index in [1.807, 2.05) is 12.1 Å². The minimum absolute atomic E-state index is 0.0714. The fourth-order valence-electron chi connectivity index (χ4n) is 1.90. The van der Waals surface area contributed by atoms with Crippen LogP contribution < -0.4 is 10.6 Å². The molecule has 0 heterocycles. The summed E-state index contributed by atoms with van der Waals surface area (Å²) in [6.45, 7) is 10.5. The summed E-state index contributed by atoms with van der Waals surface area (Å²) in [5.74, 6) is 0. The normalized spacial score (nSPS) is 11.2. The fraction of sp³-hybridized carbons (Fsp3) is 0.429. The molecule has 2 N–H and O–H groups in total. The molecule has 0 radical (unpaired) electrons. The van der Waals surface area contributed by atoms with Gasteiger partial charge in [-0.1, -0.05) is 5.57 Å². The van der Waals surface area contributed by atoms with Crippen molar-refractivity contribution in [2.45, 2.75) is 32.7 Å². The number of nitrogen functional groups attached to an aromatic ring is 1. The monoisotopic (exact) mass is 218 g/mol. The van der Waals surface area contributed by atoms with Crippen LogP contribution in [0, 0.1) is 0 Å². The first-order valence-corrected chi connectivity index (χ1v) is 5.57. The van der Waals surface area contributed by atoms with Crippen molar-refractivity contribution in [3.05, 3.63) is 36.4 Å². The molecular weight excluding hydrogens is 196 g/mol. The maximum Gasteiger partial charge on any atom is 0.0379 e. The zero-order chi connectivity index (χ0) is 12.3. The van der Waals surface area contributed by atoms with E-state index < -0.39 is 0 Å². The molecule has 0 spiro atoms. The Morgan fingerprint density at radius 1 is 1.31 bits per heavy atom. The van der Waals surface area contributed by atoms with Crippen LogP contribution in [0.2, 0.25) is 0 Å². The van der Waals surface area contributed by atoms with E-state index in [0.717, 1.165) is 12.1 Å². The third-order valence-electron chi connectivity index (χ3n) is 2.92. The first kappa shape index (κ1) is 12.6. The summed E-state index contributed by atoms with van der Waals surface area (Å²) in [4.78, 5) is 2.26. The molecular formula is C14H22N2. The largest absolute Gasteiger partial charge is 0.399 e. The van der Waals surface area contributed by atoms with Gasteiger partial charge in [-0.3, -0.25) is 0 Å². The van der Waals surface area contributed by atoms with Crippen molar-refractivity contribution in [2.24, 2.45) is 0 Å². The van der Waals surface area contributed by atoms with Crippen LogP contribution in [-0.2, 0) is 0 Å². The van der Waals surface area contributed by atoms with Gasteiger partial charge in [-0.2, -0.15) is 0 Å². The number of benzene rings is 1. The van der Waals surface area contributed by atoms with Crippen LogP contribution in [0.3, 0.4) is 0 Å². The third kappa shape index (κ3) is 3.02. The molecule has 0 atom stereocenters. The molecule has 0 aromatic heterocycles.